The second-order valence-corrected chi connectivity index (χ2v) is 18.2. The van der Waals surface area contributed by atoms with Crippen LogP contribution in [0.1, 0.15) is 88.2 Å². The molecule has 0 bridgehead atoms. The Bertz CT molecular complexity index is 1280. The summed E-state index contributed by atoms with van der Waals surface area (Å²) in [5.41, 5.74) is -3.90. The zero-order valence-electron chi connectivity index (χ0n) is 31.5. The van der Waals surface area contributed by atoms with Crippen molar-refractivity contribution < 1.29 is 63.9 Å². The Morgan fingerprint density at radius 3 is 2.16 bits per heavy atom. The first-order chi connectivity index (χ1) is 25.9. The van der Waals surface area contributed by atoms with Crippen LogP contribution in [0.3, 0.4) is 0 Å². The lowest BCUT2D eigenvalue weighted by atomic mass is 9.55. The summed E-state index contributed by atoms with van der Waals surface area (Å²) in [6.45, 7) is 3.10. The molecule has 3 unspecified atom stereocenters. The molecule has 1 aromatic carbocycles. The van der Waals surface area contributed by atoms with Crippen LogP contribution in [-0.2, 0) is 15.9 Å². The van der Waals surface area contributed by atoms with Crippen molar-refractivity contribution in [1.82, 2.24) is 4.90 Å². The molecule has 0 spiro atoms. The maximum atomic E-state index is 13.2. The highest BCUT2D eigenvalue weighted by molar-refractivity contribution is 8.76. The van der Waals surface area contributed by atoms with Crippen molar-refractivity contribution in [2.45, 2.75) is 114 Å². The number of aryl methyl sites for hydroxylation is 1. The van der Waals surface area contributed by atoms with E-state index in [0.29, 0.717) is 30.8 Å². The van der Waals surface area contributed by atoms with E-state index in [1.165, 1.54) is 11.1 Å². The van der Waals surface area contributed by atoms with Crippen LogP contribution in [0, 0.1) is 23.2 Å². The molecule has 0 amide bonds. The van der Waals surface area contributed by atoms with Crippen molar-refractivity contribution in [3.05, 3.63) is 29.3 Å². The molecule has 0 heterocycles. The molecule has 1 aromatic rings. The first-order valence-corrected chi connectivity index (χ1v) is 21.7. The number of hydrogen-bond donors (Lipinski definition) is 2. The number of aliphatic hydroxyl groups is 2. The lowest BCUT2D eigenvalue weighted by Gasteiger charge is -2.50. The van der Waals surface area contributed by atoms with Crippen molar-refractivity contribution in [2.24, 2.45) is 23.2 Å². The first-order valence-electron chi connectivity index (χ1n) is 19.3. The van der Waals surface area contributed by atoms with Gasteiger partial charge in [0, 0.05) is 37.2 Å². The Morgan fingerprint density at radius 2 is 1.49 bits per heavy atom. The van der Waals surface area contributed by atoms with Crippen LogP contribution in [0.4, 0.5) is 39.5 Å². The Labute approximate surface area is 326 Å². The predicted molar refractivity (Wildman–Crippen MR) is 196 cm³/mol. The molecule has 2 saturated carbocycles. The quantitative estimate of drug-likeness (QED) is 0.0680. The molecular weight excluding hydrogens is 786 g/mol. The van der Waals surface area contributed by atoms with Gasteiger partial charge in [-0.25, -0.2) is 0 Å². The average Bonchev–Trinajstić information content (AvgIpc) is 3.44. The van der Waals surface area contributed by atoms with Gasteiger partial charge < -0.3 is 29.3 Å². The van der Waals surface area contributed by atoms with E-state index in [4.69, 9.17) is 19.7 Å². The molecule has 55 heavy (non-hydrogen) atoms. The smallest absolute Gasteiger partial charge is 0.435 e. The van der Waals surface area contributed by atoms with Gasteiger partial charge in [-0.15, -0.1) is 0 Å². The van der Waals surface area contributed by atoms with Crippen LogP contribution >= 0.6 is 21.6 Å². The van der Waals surface area contributed by atoms with Crippen molar-refractivity contribution in [2.75, 3.05) is 64.7 Å². The van der Waals surface area contributed by atoms with Crippen LogP contribution < -0.4 is 4.74 Å². The standard InChI is InChI=1S/C38H56F9NO5S2/c1-34-15-14-30-29-11-9-28(51-20-22-55-54-21-5-17-48(2)16-4-3-7-26(24-49)25-50)23-27(29)8-10-31(30)32(34)12-13-33(34)52-18-6-19-53-35(36(39,40)41,37(42,43)44)38(45,46)47/h9,11,23,26,30-33,49-50H,3-8,10,12-22,24-25H2,1-2H3/t30?,31?,32?,33-,34-/m0/s1. The van der Waals surface area contributed by atoms with E-state index >= 15 is 0 Å². The number of rotatable bonds is 22. The number of hydrogen-bond acceptors (Lipinski definition) is 8. The summed E-state index contributed by atoms with van der Waals surface area (Å²) in [5, 5.41) is 18.3. The van der Waals surface area contributed by atoms with E-state index in [1.807, 2.05) is 16.9 Å². The normalized spacial score (nSPS) is 24.6. The molecular formula is C38H56F9NO5S2. The van der Waals surface area contributed by atoms with Crippen molar-refractivity contribution in [3.8, 4) is 5.75 Å². The van der Waals surface area contributed by atoms with Crippen LogP contribution in [0.2, 0.25) is 0 Å². The summed E-state index contributed by atoms with van der Waals surface area (Å²) in [7, 11) is 5.77. The molecule has 17 heteroatoms. The minimum atomic E-state index is -6.74. The summed E-state index contributed by atoms with van der Waals surface area (Å²) in [6.07, 6.45) is -12.0. The van der Waals surface area contributed by atoms with E-state index in [1.54, 1.807) is 10.8 Å². The van der Waals surface area contributed by atoms with Gasteiger partial charge in [-0.05, 0) is 131 Å². The molecule has 3 aliphatic rings. The van der Waals surface area contributed by atoms with Gasteiger partial charge in [0.25, 0.3) is 0 Å². The summed E-state index contributed by atoms with van der Waals surface area (Å²) in [5.74, 6) is 3.82. The van der Waals surface area contributed by atoms with E-state index in [9.17, 15) is 39.5 Å². The molecule has 6 nitrogen and oxygen atoms in total. The lowest BCUT2D eigenvalue weighted by molar-refractivity contribution is -0.457. The zero-order valence-corrected chi connectivity index (χ0v) is 33.2. The van der Waals surface area contributed by atoms with Crippen LogP contribution in [0.5, 0.6) is 5.75 Å². The third-order valence-electron chi connectivity index (χ3n) is 11.9. The second kappa shape index (κ2) is 20.2. The Morgan fingerprint density at radius 1 is 0.818 bits per heavy atom. The van der Waals surface area contributed by atoms with Gasteiger partial charge >= 0.3 is 24.1 Å². The number of benzene rings is 1. The highest BCUT2D eigenvalue weighted by Gasteiger charge is 2.85. The molecule has 0 aromatic heterocycles. The van der Waals surface area contributed by atoms with Gasteiger partial charge in [-0.3, -0.25) is 0 Å². The van der Waals surface area contributed by atoms with Gasteiger partial charge in [0.1, 0.15) is 5.75 Å². The van der Waals surface area contributed by atoms with Gasteiger partial charge in [0.2, 0.25) is 0 Å². The SMILES string of the molecule is CN(CCCCC(CO)CO)CCCSSCCOc1ccc2c(c1)CCC1C2CC[C@@]2(C)C1CC[C@@H]2OCCCOC(C(F)(F)F)(C(F)(F)F)C(F)(F)F. The maximum absolute atomic E-state index is 13.2. The molecule has 318 valence electrons. The minimum Gasteiger partial charge on any atom is -0.493 e. The number of aliphatic hydroxyl groups excluding tert-OH is 2. The van der Waals surface area contributed by atoms with E-state index in [0.717, 1.165) is 88.1 Å². The fourth-order valence-electron chi connectivity index (χ4n) is 8.98. The van der Waals surface area contributed by atoms with Gasteiger partial charge in [0.15, 0.2) is 0 Å². The van der Waals surface area contributed by atoms with Crippen molar-refractivity contribution >= 4 is 21.6 Å². The predicted octanol–water partition coefficient (Wildman–Crippen LogP) is 9.61. The van der Waals surface area contributed by atoms with E-state index in [2.05, 4.69) is 35.7 Å². The summed E-state index contributed by atoms with van der Waals surface area (Å²) < 4.78 is 134. The summed E-state index contributed by atoms with van der Waals surface area (Å²) in [6, 6.07) is 6.35. The third kappa shape index (κ3) is 11.3. The van der Waals surface area contributed by atoms with E-state index in [-0.39, 0.29) is 37.3 Å². The van der Waals surface area contributed by atoms with Crippen molar-refractivity contribution in [1.29, 1.82) is 0 Å². The fraction of sp³-hybridized carbons (Fsp3) is 0.842. The Hall–Kier alpha value is -1.11. The number of fused-ring (bicyclic) bond motifs is 5. The minimum absolute atomic E-state index is 0.0108. The summed E-state index contributed by atoms with van der Waals surface area (Å²) in [4.78, 5) is 2.32. The van der Waals surface area contributed by atoms with Crippen LogP contribution in [-0.4, -0.2) is 110 Å². The zero-order chi connectivity index (χ0) is 40.5. The number of nitrogens with zero attached hydrogens (tertiary/aromatic N) is 1. The van der Waals surface area contributed by atoms with Crippen molar-refractivity contribution in [3.63, 3.8) is 0 Å². The lowest BCUT2D eigenvalue weighted by Crippen LogP contribution is -2.67. The molecule has 0 radical (unpaired) electrons. The molecule has 3 aliphatic carbocycles. The average molecular weight is 842 g/mol. The van der Waals surface area contributed by atoms with Gasteiger partial charge in [-0.2, -0.15) is 39.5 Å². The topological polar surface area (TPSA) is 71.4 Å². The Kier molecular flexibility index (Phi) is 17.1. The molecule has 0 saturated heterocycles. The van der Waals surface area contributed by atoms with Crippen LogP contribution in [0.15, 0.2) is 18.2 Å². The molecule has 4 rings (SSSR count). The number of halogens is 9. The summed E-state index contributed by atoms with van der Waals surface area (Å²) >= 11 is 0. The molecule has 2 fully saturated rings. The number of alkyl halides is 9. The Balaban J connectivity index is 1.16. The highest BCUT2D eigenvalue weighted by Crippen LogP contribution is 2.62. The maximum Gasteiger partial charge on any atom is 0.435 e. The van der Waals surface area contributed by atoms with Gasteiger partial charge in [0.05, 0.1) is 19.3 Å². The van der Waals surface area contributed by atoms with Gasteiger partial charge in [-0.1, -0.05) is 41.0 Å². The largest absolute Gasteiger partial charge is 0.493 e. The molecule has 5 atom stereocenters. The highest BCUT2D eigenvalue weighted by atomic mass is 33.1. The molecule has 2 N–H and O–H groups in total. The first kappa shape index (κ1) is 46.6. The number of ether oxygens (including phenoxy) is 3. The van der Waals surface area contributed by atoms with E-state index < -0.39 is 37.2 Å². The van der Waals surface area contributed by atoms with Crippen LogP contribution in [0.25, 0.3) is 0 Å². The molecule has 0 aliphatic heterocycles. The number of unbranched alkanes of at least 4 members (excludes halogenated alkanes) is 1. The second-order valence-electron chi connectivity index (χ2n) is 15.5. The monoisotopic (exact) mass is 841 g/mol. The third-order valence-corrected chi connectivity index (χ3v) is 14.4. The fourth-order valence-corrected chi connectivity index (χ4v) is 10.9.